The van der Waals surface area contributed by atoms with Crippen LogP contribution in [0.15, 0.2) is 22.7 Å². The first kappa shape index (κ1) is 14.4. The molecule has 2 aliphatic rings. The van der Waals surface area contributed by atoms with Crippen LogP contribution >= 0.6 is 15.9 Å². The van der Waals surface area contributed by atoms with Crippen LogP contribution in [0.5, 0.6) is 5.75 Å². The second-order valence-electron chi connectivity index (χ2n) is 6.33. The van der Waals surface area contributed by atoms with Crippen molar-refractivity contribution < 1.29 is 9.84 Å². The number of likely N-dealkylation sites (tertiary alicyclic amines) is 1. The van der Waals surface area contributed by atoms with Gasteiger partial charge in [0.1, 0.15) is 5.75 Å². The van der Waals surface area contributed by atoms with Crippen LogP contribution in [0.4, 0.5) is 0 Å². The molecular formula is C16H22BrNO2. The largest absolute Gasteiger partial charge is 0.496 e. The second kappa shape index (κ2) is 5.32. The monoisotopic (exact) mass is 339 g/mol. The zero-order valence-corrected chi connectivity index (χ0v) is 13.7. The van der Waals surface area contributed by atoms with E-state index in [2.05, 4.69) is 33.8 Å². The number of benzene rings is 1. The van der Waals surface area contributed by atoms with E-state index in [1.807, 2.05) is 12.1 Å². The van der Waals surface area contributed by atoms with E-state index in [0.29, 0.717) is 12.5 Å². The first-order valence-corrected chi connectivity index (χ1v) is 8.10. The smallest absolute Gasteiger partial charge is 0.133 e. The summed E-state index contributed by atoms with van der Waals surface area (Å²) in [5.74, 6) is 0.833. The summed E-state index contributed by atoms with van der Waals surface area (Å²) in [5, 5.41) is 10.9. The van der Waals surface area contributed by atoms with Crippen LogP contribution in [0.3, 0.4) is 0 Å². The normalized spacial score (nSPS) is 30.7. The van der Waals surface area contributed by atoms with Gasteiger partial charge in [-0.15, -0.1) is 0 Å². The van der Waals surface area contributed by atoms with Crippen molar-refractivity contribution in [3.8, 4) is 5.75 Å². The average Bonchev–Trinajstić information content (AvgIpc) is 3.16. The molecule has 0 aromatic heterocycles. The van der Waals surface area contributed by atoms with E-state index < -0.39 is 5.60 Å². The molecule has 110 valence electrons. The highest BCUT2D eigenvalue weighted by Gasteiger charge is 2.45. The van der Waals surface area contributed by atoms with Gasteiger partial charge in [-0.2, -0.15) is 0 Å². The van der Waals surface area contributed by atoms with Crippen molar-refractivity contribution in [3.63, 3.8) is 0 Å². The van der Waals surface area contributed by atoms with Gasteiger partial charge in [-0.05, 0) is 59.8 Å². The quantitative estimate of drug-likeness (QED) is 0.915. The predicted molar refractivity (Wildman–Crippen MR) is 83.2 cm³/mol. The molecule has 1 saturated heterocycles. The Labute approximate surface area is 129 Å². The van der Waals surface area contributed by atoms with Crippen LogP contribution in [0.1, 0.15) is 31.7 Å². The van der Waals surface area contributed by atoms with Gasteiger partial charge in [-0.1, -0.05) is 6.07 Å². The molecule has 1 aliphatic heterocycles. The molecule has 2 unspecified atom stereocenters. The Balaban J connectivity index is 1.72. The van der Waals surface area contributed by atoms with E-state index in [-0.39, 0.29) is 0 Å². The summed E-state index contributed by atoms with van der Waals surface area (Å²) in [4.78, 5) is 2.48. The van der Waals surface area contributed by atoms with Gasteiger partial charge >= 0.3 is 0 Å². The Hall–Kier alpha value is -0.580. The van der Waals surface area contributed by atoms with Gasteiger partial charge in [0, 0.05) is 25.0 Å². The average molecular weight is 340 g/mol. The van der Waals surface area contributed by atoms with Crippen molar-refractivity contribution in [3.05, 3.63) is 28.2 Å². The van der Waals surface area contributed by atoms with Gasteiger partial charge in [0.25, 0.3) is 0 Å². The number of hydrogen-bond acceptors (Lipinski definition) is 3. The number of β-amino-alcohol motifs (C(OH)–C–C–N with tert-alkyl or cyclic N) is 1. The molecule has 1 heterocycles. The van der Waals surface area contributed by atoms with Gasteiger partial charge in [0.15, 0.2) is 0 Å². The molecule has 1 aromatic carbocycles. The third-order valence-corrected chi connectivity index (χ3v) is 5.10. The molecule has 0 spiro atoms. The van der Waals surface area contributed by atoms with Crippen LogP contribution in [-0.2, 0) is 6.42 Å². The molecule has 1 N–H and O–H groups in total. The van der Waals surface area contributed by atoms with Crippen LogP contribution < -0.4 is 4.74 Å². The molecule has 3 rings (SSSR count). The van der Waals surface area contributed by atoms with Gasteiger partial charge < -0.3 is 9.84 Å². The van der Waals surface area contributed by atoms with E-state index >= 15 is 0 Å². The number of ether oxygens (including phenoxy) is 1. The fourth-order valence-corrected chi connectivity index (χ4v) is 4.04. The van der Waals surface area contributed by atoms with Crippen molar-refractivity contribution in [2.75, 3.05) is 13.7 Å². The molecule has 1 aliphatic carbocycles. The van der Waals surface area contributed by atoms with Gasteiger partial charge in [0.05, 0.1) is 17.2 Å². The summed E-state index contributed by atoms with van der Waals surface area (Å²) in [5.41, 5.74) is 0.570. The summed E-state index contributed by atoms with van der Waals surface area (Å²) in [6.07, 6.45) is 4.18. The third-order valence-electron chi connectivity index (χ3n) is 4.48. The highest BCUT2D eigenvalue weighted by atomic mass is 79.9. The minimum absolute atomic E-state index is 0.495. The number of halogens is 1. The molecule has 20 heavy (non-hydrogen) atoms. The lowest BCUT2D eigenvalue weighted by molar-refractivity contribution is 0.0487. The van der Waals surface area contributed by atoms with Gasteiger partial charge in [0.2, 0.25) is 0 Å². The van der Waals surface area contributed by atoms with Gasteiger partial charge in [-0.25, -0.2) is 0 Å². The molecule has 1 aromatic rings. The third kappa shape index (κ3) is 2.87. The lowest BCUT2D eigenvalue weighted by Gasteiger charge is -2.24. The number of rotatable bonds is 4. The standard InChI is InChI=1S/C16H22BrNO2/c1-11-8-16(19,10-18(11)13-4-5-13)9-12-3-6-15(20-2)14(17)7-12/h3,6-7,11,13,19H,4-5,8-10H2,1-2H3. The van der Waals surface area contributed by atoms with Crippen LogP contribution in [0.2, 0.25) is 0 Å². The fraction of sp³-hybridized carbons (Fsp3) is 0.625. The topological polar surface area (TPSA) is 32.7 Å². The molecule has 4 heteroatoms. The summed E-state index contributed by atoms with van der Waals surface area (Å²) >= 11 is 3.51. The summed E-state index contributed by atoms with van der Waals surface area (Å²) < 4.78 is 6.20. The maximum Gasteiger partial charge on any atom is 0.133 e. The first-order valence-electron chi connectivity index (χ1n) is 7.31. The van der Waals surface area contributed by atoms with Crippen LogP contribution in [-0.4, -0.2) is 41.3 Å². The zero-order valence-electron chi connectivity index (χ0n) is 12.1. The summed E-state index contributed by atoms with van der Waals surface area (Å²) in [7, 11) is 1.67. The molecule has 0 bridgehead atoms. The summed E-state index contributed by atoms with van der Waals surface area (Å²) in [6, 6.07) is 7.28. The number of hydrogen-bond donors (Lipinski definition) is 1. The van der Waals surface area contributed by atoms with E-state index in [1.54, 1.807) is 7.11 Å². The van der Waals surface area contributed by atoms with Crippen LogP contribution in [0.25, 0.3) is 0 Å². The molecular weight excluding hydrogens is 318 g/mol. The number of nitrogens with zero attached hydrogens (tertiary/aromatic N) is 1. The molecule has 2 fully saturated rings. The SMILES string of the molecule is COc1ccc(CC2(O)CC(C)N(C3CC3)C2)cc1Br. The van der Waals surface area contributed by atoms with Crippen molar-refractivity contribution in [2.24, 2.45) is 0 Å². The minimum atomic E-state index is -0.587. The maximum atomic E-state index is 10.9. The van der Waals surface area contributed by atoms with E-state index in [9.17, 15) is 5.11 Å². The maximum absolute atomic E-state index is 10.9. The molecule has 0 radical (unpaired) electrons. The lowest BCUT2D eigenvalue weighted by atomic mass is 9.92. The van der Waals surface area contributed by atoms with Crippen molar-refractivity contribution >= 4 is 15.9 Å². The molecule has 0 amide bonds. The zero-order chi connectivity index (χ0) is 14.3. The fourth-order valence-electron chi connectivity index (χ4n) is 3.45. The predicted octanol–water partition coefficient (Wildman–Crippen LogP) is 2.99. The molecule has 1 saturated carbocycles. The van der Waals surface area contributed by atoms with Crippen LogP contribution in [0, 0.1) is 0 Å². The van der Waals surface area contributed by atoms with Gasteiger partial charge in [-0.3, -0.25) is 4.90 Å². The summed E-state index contributed by atoms with van der Waals surface area (Å²) in [6.45, 7) is 3.04. The molecule has 3 nitrogen and oxygen atoms in total. The Kier molecular flexibility index (Phi) is 3.82. The Bertz CT molecular complexity index is 503. The van der Waals surface area contributed by atoms with Crippen molar-refractivity contribution in [1.82, 2.24) is 4.90 Å². The first-order chi connectivity index (χ1) is 9.50. The molecule has 2 atom stereocenters. The van der Waals surface area contributed by atoms with Crippen molar-refractivity contribution in [1.29, 1.82) is 0 Å². The lowest BCUT2D eigenvalue weighted by Crippen LogP contribution is -2.36. The number of aliphatic hydroxyl groups is 1. The highest BCUT2D eigenvalue weighted by molar-refractivity contribution is 9.10. The Morgan fingerprint density at radius 1 is 1.45 bits per heavy atom. The van der Waals surface area contributed by atoms with E-state index in [0.717, 1.165) is 34.8 Å². The Morgan fingerprint density at radius 3 is 2.80 bits per heavy atom. The van der Waals surface area contributed by atoms with E-state index in [1.165, 1.54) is 12.8 Å². The minimum Gasteiger partial charge on any atom is -0.496 e. The number of methoxy groups -OCH3 is 1. The van der Waals surface area contributed by atoms with Crippen molar-refractivity contribution in [2.45, 2.75) is 50.3 Å². The Morgan fingerprint density at radius 2 is 2.20 bits per heavy atom. The highest BCUT2D eigenvalue weighted by Crippen LogP contribution is 2.39. The van der Waals surface area contributed by atoms with E-state index in [4.69, 9.17) is 4.74 Å². The second-order valence-corrected chi connectivity index (χ2v) is 7.18.